The summed E-state index contributed by atoms with van der Waals surface area (Å²) in [6.07, 6.45) is -0.974. The molecule has 4 aromatic rings. The van der Waals surface area contributed by atoms with Gasteiger partial charge in [0.05, 0.1) is 13.4 Å². The van der Waals surface area contributed by atoms with Crippen molar-refractivity contribution in [2.24, 2.45) is 0 Å². The number of benzene rings is 2. The highest BCUT2D eigenvalue weighted by Gasteiger charge is 2.54. The number of hydrogen-bond donors (Lipinski definition) is 3. The van der Waals surface area contributed by atoms with E-state index in [1.807, 2.05) is 0 Å². The van der Waals surface area contributed by atoms with Crippen LogP contribution in [0.5, 0.6) is 11.5 Å². The summed E-state index contributed by atoms with van der Waals surface area (Å²) in [7, 11) is 1.46. The molecule has 0 aliphatic carbocycles. The van der Waals surface area contributed by atoms with Crippen LogP contribution in [0.3, 0.4) is 0 Å². The Morgan fingerprint density at radius 2 is 1.86 bits per heavy atom. The number of carboxylic acid groups (broad SMARTS) is 1. The molecule has 43 heavy (non-hydrogen) atoms. The van der Waals surface area contributed by atoms with Crippen LogP contribution in [-0.2, 0) is 14.2 Å². The summed E-state index contributed by atoms with van der Waals surface area (Å²) in [5.41, 5.74) is 1.23. The van der Waals surface area contributed by atoms with Crippen LogP contribution in [0.4, 0.5) is 15.0 Å². The Morgan fingerprint density at radius 3 is 2.60 bits per heavy atom. The number of fused-ring (bicyclic) bond motifs is 2. The maximum atomic E-state index is 13.6. The van der Waals surface area contributed by atoms with E-state index in [1.165, 1.54) is 50.1 Å². The number of carboxylic acids is 1. The van der Waals surface area contributed by atoms with E-state index in [0.29, 0.717) is 29.0 Å². The normalized spacial score (nSPS) is 22.7. The molecule has 4 unspecified atom stereocenters. The van der Waals surface area contributed by atoms with Crippen molar-refractivity contribution in [3.63, 3.8) is 0 Å². The SMILES string of the molecule is CCNC(=O)Nc1ncnc2c1ncn2C1OC(COc2cc(OC)ccc2C(=O)O)C2O[C@H](c3ccc(F)cc3)OC21. The summed E-state index contributed by atoms with van der Waals surface area (Å²) in [5, 5.41) is 14.9. The maximum Gasteiger partial charge on any atom is 0.339 e. The number of aromatic nitrogens is 4. The van der Waals surface area contributed by atoms with Gasteiger partial charge in [0.15, 0.2) is 29.5 Å². The molecular weight excluding hydrogens is 567 g/mol. The van der Waals surface area contributed by atoms with Gasteiger partial charge in [0, 0.05) is 18.2 Å². The van der Waals surface area contributed by atoms with Gasteiger partial charge in [-0.05, 0) is 31.2 Å². The number of nitrogens with one attached hydrogen (secondary N) is 2. The second kappa shape index (κ2) is 11.8. The average molecular weight is 595 g/mol. The number of halogens is 1. The van der Waals surface area contributed by atoms with Crippen LogP contribution in [-0.4, -0.2) is 75.2 Å². The number of nitrogens with zero attached hydrogens (tertiary/aromatic N) is 4. The molecule has 0 bridgehead atoms. The summed E-state index contributed by atoms with van der Waals surface area (Å²) in [5.74, 6) is -0.855. The van der Waals surface area contributed by atoms with E-state index in [0.717, 1.165) is 0 Å². The Bertz CT molecular complexity index is 1650. The number of amides is 2. The van der Waals surface area contributed by atoms with E-state index in [1.54, 1.807) is 23.6 Å². The maximum absolute atomic E-state index is 13.6. The van der Waals surface area contributed by atoms with E-state index in [2.05, 4.69) is 25.6 Å². The van der Waals surface area contributed by atoms with Crippen molar-refractivity contribution in [3.05, 3.63) is 72.1 Å². The van der Waals surface area contributed by atoms with E-state index in [-0.39, 0.29) is 23.7 Å². The van der Waals surface area contributed by atoms with Crippen molar-refractivity contribution >= 4 is 29.0 Å². The molecule has 2 aromatic heterocycles. The molecule has 14 nitrogen and oxygen atoms in total. The fraction of sp³-hybridized carbons (Fsp3) is 0.321. The molecule has 2 aliphatic rings. The van der Waals surface area contributed by atoms with Gasteiger partial charge in [0.1, 0.15) is 54.1 Å². The molecule has 224 valence electrons. The summed E-state index contributed by atoms with van der Waals surface area (Å²) in [6, 6.07) is 9.70. The molecule has 0 saturated carbocycles. The van der Waals surface area contributed by atoms with E-state index >= 15 is 0 Å². The van der Waals surface area contributed by atoms with Crippen molar-refractivity contribution in [3.8, 4) is 11.5 Å². The molecule has 2 aliphatic heterocycles. The van der Waals surface area contributed by atoms with Gasteiger partial charge in [-0.25, -0.2) is 28.9 Å². The minimum absolute atomic E-state index is 0.0517. The van der Waals surface area contributed by atoms with Crippen molar-refractivity contribution in [2.75, 3.05) is 25.6 Å². The third kappa shape index (κ3) is 5.52. The first-order chi connectivity index (χ1) is 20.9. The molecule has 2 saturated heterocycles. The van der Waals surface area contributed by atoms with Crippen LogP contribution in [0.2, 0.25) is 0 Å². The zero-order valence-corrected chi connectivity index (χ0v) is 23.0. The predicted molar refractivity (Wildman–Crippen MR) is 146 cm³/mol. The van der Waals surface area contributed by atoms with Gasteiger partial charge >= 0.3 is 12.0 Å². The molecule has 2 fully saturated rings. The first-order valence-electron chi connectivity index (χ1n) is 13.3. The lowest BCUT2D eigenvalue weighted by atomic mass is 10.1. The lowest BCUT2D eigenvalue weighted by molar-refractivity contribution is -0.152. The van der Waals surface area contributed by atoms with Gasteiger partial charge in [0.25, 0.3) is 0 Å². The first kappa shape index (κ1) is 28.3. The predicted octanol–water partition coefficient (Wildman–Crippen LogP) is 3.27. The Morgan fingerprint density at radius 1 is 1.07 bits per heavy atom. The summed E-state index contributed by atoms with van der Waals surface area (Å²) in [4.78, 5) is 36.9. The smallest absolute Gasteiger partial charge is 0.339 e. The van der Waals surface area contributed by atoms with Crippen molar-refractivity contribution < 1.29 is 42.8 Å². The molecule has 2 aromatic carbocycles. The summed E-state index contributed by atoms with van der Waals surface area (Å²) < 4.78 is 45.3. The molecule has 4 heterocycles. The number of imidazole rings is 1. The van der Waals surface area contributed by atoms with Gasteiger partial charge in [-0.1, -0.05) is 12.1 Å². The largest absolute Gasteiger partial charge is 0.497 e. The number of carbonyl (C=O) groups is 2. The van der Waals surface area contributed by atoms with Crippen LogP contribution in [0.1, 0.15) is 35.4 Å². The van der Waals surface area contributed by atoms with Gasteiger partial charge in [-0.15, -0.1) is 0 Å². The third-order valence-electron chi connectivity index (χ3n) is 7.01. The topological polar surface area (TPSA) is 168 Å². The van der Waals surface area contributed by atoms with E-state index < -0.39 is 48.6 Å². The molecule has 3 N–H and O–H groups in total. The molecule has 6 rings (SSSR count). The number of anilines is 1. The lowest BCUT2D eigenvalue weighted by Gasteiger charge is -2.22. The summed E-state index contributed by atoms with van der Waals surface area (Å²) >= 11 is 0. The molecule has 0 radical (unpaired) electrons. The second-order valence-electron chi connectivity index (χ2n) is 9.66. The molecule has 0 spiro atoms. The fourth-order valence-corrected chi connectivity index (χ4v) is 5.01. The zero-order chi connectivity index (χ0) is 30.1. The Kier molecular flexibility index (Phi) is 7.75. The first-order valence-corrected chi connectivity index (χ1v) is 13.3. The number of hydrogen-bond acceptors (Lipinski definition) is 10. The van der Waals surface area contributed by atoms with Gasteiger partial charge < -0.3 is 34.1 Å². The highest BCUT2D eigenvalue weighted by molar-refractivity contribution is 5.95. The Balaban J connectivity index is 1.31. The number of aromatic carboxylic acids is 1. The molecule has 2 amide bonds. The third-order valence-corrected chi connectivity index (χ3v) is 7.01. The average Bonchev–Trinajstić information content (AvgIpc) is 3.71. The molecule has 5 atom stereocenters. The summed E-state index contributed by atoms with van der Waals surface area (Å²) in [6.45, 7) is 2.11. The Hall–Kier alpha value is -4.86. The van der Waals surface area contributed by atoms with Crippen LogP contribution in [0.15, 0.2) is 55.1 Å². The number of rotatable bonds is 9. The zero-order valence-electron chi connectivity index (χ0n) is 23.0. The van der Waals surface area contributed by atoms with Gasteiger partial charge in [-0.3, -0.25) is 9.88 Å². The molecular formula is C28H27FN6O8. The van der Waals surface area contributed by atoms with Crippen LogP contribution in [0.25, 0.3) is 11.2 Å². The van der Waals surface area contributed by atoms with Crippen LogP contribution in [0, 0.1) is 5.82 Å². The van der Waals surface area contributed by atoms with E-state index in [9.17, 15) is 19.1 Å². The lowest BCUT2D eigenvalue weighted by Crippen LogP contribution is -2.33. The van der Waals surface area contributed by atoms with Gasteiger partial charge in [0.2, 0.25) is 0 Å². The van der Waals surface area contributed by atoms with E-state index in [4.69, 9.17) is 23.7 Å². The monoisotopic (exact) mass is 594 g/mol. The van der Waals surface area contributed by atoms with Crippen molar-refractivity contribution in [1.82, 2.24) is 24.8 Å². The van der Waals surface area contributed by atoms with Crippen LogP contribution >= 0.6 is 0 Å². The quantitative estimate of drug-likeness (QED) is 0.260. The van der Waals surface area contributed by atoms with Crippen LogP contribution < -0.4 is 20.1 Å². The molecule has 15 heteroatoms. The minimum Gasteiger partial charge on any atom is -0.497 e. The minimum atomic E-state index is -1.17. The number of carbonyl (C=O) groups excluding carboxylic acids is 1. The second-order valence-corrected chi connectivity index (χ2v) is 9.66. The fourth-order valence-electron chi connectivity index (χ4n) is 5.01. The highest BCUT2D eigenvalue weighted by Crippen LogP contribution is 2.45. The number of methoxy groups -OCH3 is 1. The highest BCUT2D eigenvalue weighted by atomic mass is 19.1. The number of ether oxygens (including phenoxy) is 5. The van der Waals surface area contributed by atoms with Gasteiger partial charge in [-0.2, -0.15) is 0 Å². The number of urea groups is 1. The van der Waals surface area contributed by atoms with Crippen molar-refractivity contribution in [2.45, 2.75) is 37.8 Å². The Labute approximate surface area is 243 Å². The van der Waals surface area contributed by atoms with Crippen molar-refractivity contribution in [1.29, 1.82) is 0 Å². The standard InChI is InChI=1S/C28H27FN6O8/c1-3-30-28(38)34-23-20-24(32-12-31-23)35(13-33-20)25-22-21(42-27(43-22)14-4-6-15(29)7-5-14)19(41-25)11-40-18-10-16(39-2)8-9-17(18)26(36)37/h4-10,12-13,19,21-22,25,27H,3,11H2,1-2H3,(H,36,37)(H2,30,31,32,34,38)/t19?,21?,22?,25?,27-/m0/s1.